The summed E-state index contributed by atoms with van der Waals surface area (Å²) in [4.78, 5) is 35.3. The van der Waals surface area contributed by atoms with Crippen molar-refractivity contribution in [1.29, 1.82) is 0 Å². The Hall–Kier alpha value is -2.68. The molecule has 5 heterocycles. The molecular weight excluding hydrogens is 371 g/mol. The summed E-state index contributed by atoms with van der Waals surface area (Å²) in [5.41, 5.74) is -0.651. The van der Waals surface area contributed by atoms with Gasteiger partial charge >= 0.3 is 6.09 Å². The van der Waals surface area contributed by atoms with Crippen molar-refractivity contribution in [1.82, 2.24) is 14.8 Å². The zero-order chi connectivity index (χ0) is 18.6. The molecule has 1 unspecified atom stereocenters. The van der Waals surface area contributed by atoms with Gasteiger partial charge in [0.15, 0.2) is 5.60 Å². The molecule has 9 heteroatoms. The maximum absolute atomic E-state index is 13.1. The van der Waals surface area contributed by atoms with Crippen molar-refractivity contribution in [3.05, 3.63) is 46.5 Å². The van der Waals surface area contributed by atoms with Crippen molar-refractivity contribution in [2.24, 2.45) is 0 Å². The van der Waals surface area contributed by atoms with Crippen LogP contribution in [0.15, 0.2) is 35.8 Å². The van der Waals surface area contributed by atoms with Crippen LogP contribution in [-0.4, -0.2) is 71.2 Å². The number of halogens is 1. The van der Waals surface area contributed by atoms with Crippen molar-refractivity contribution in [2.45, 2.75) is 11.6 Å². The van der Waals surface area contributed by atoms with Gasteiger partial charge in [0.05, 0.1) is 30.2 Å². The van der Waals surface area contributed by atoms with E-state index >= 15 is 0 Å². The minimum absolute atomic E-state index is 0.00414. The highest BCUT2D eigenvalue weighted by atomic mass is 32.1. The van der Waals surface area contributed by atoms with Crippen molar-refractivity contribution >= 4 is 29.2 Å². The number of pyridine rings is 1. The van der Waals surface area contributed by atoms with Crippen LogP contribution in [0.1, 0.15) is 9.67 Å². The van der Waals surface area contributed by atoms with Crippen LogP contribution in [0.3, 0.4) is 0 Å². The first-order valence-corrected chi connectivity index (χ1v) is 9.63. The second-order valence-corrected chi connectivity index (χ2v) is 8.01. The van der Waals surface area contributed by atoms with E-state index in [2.05, 4.69) is 4.98 Å². The summed E-state index contributed by atoms with van der Waals surface area (Å²) >= 11 is 1.42. The summed E-state index contributed by atoms with van der Waals surface area (Å²) in [5, 5.41) is 1.88. The van der Waals surface area contributed by atoms with Gasteiger partial charge in [0, 0.05) is 19.6 Å². The van der Waals surface area contributed by atoms with E-state index in [9.17, 15) is 14.0 Å². The molecule has 3 saturated heterocycles. The number of piperazine rings is 1. The van der Waals surface area contributed by atoms with Crippen LogP contribution in [0.5, 0.6) is 0 Å². The molecule has 0 radical (unpaired) electrons. The molecule has 2 aromatic heterocycles. The van der Waals surface area contributed by atoms with Crippen molar-refractivity contribution in [3.63, 3.8) is 0 Å². The third kappa shape index (κ3) is 2.56. The monoisotopic (exact) mass is 388 g/mol. The number of nitrogens with zero attached hydrogens (tertiary/aromatic N) is 4. The third-order valence-corrected chi connectivity index (χ3v) is 6.34. The molecule has 0 saturated carbocycles. The normalized spacial score (nSPS) is 23.2. The van der Waals surface area contributed by atoms with E-state index in [1.807, 2.05) is 22.4 Å². The molecule has 5 rings (SSSR count). The van der Waals surface area contributed by atoms with Gasteiger partial charge in [-0.1, -0.05) is 6.07 Å². The van der Waals surface area contributed by atoms with Gasteiger partial charge in [0.25, 0.3) is 5.91 Å². The quantitative estimate of drug-likeness (QED) is 0.785. The fourth-order valence-electron chi connectivity index (χ4n) is 4.09. The van der Waals surface area contributed by atoms with Crippen molar-refractivity contribution < 1.29 is 18.7 Å². The minimum Gasteiger partial charge on any atom is -0.437 e. The number of thiophene rings is 1. The summed E-state index contributed by atoms with van der Waals surface area (Å²) in [6.07, 6.45) is 0.852. The molecule has 27 heavy (non-hydrogen) atoms. The summed E-state index contributed by atoms with van der Waals surface area (Å²) in [6.45, 7) is 2.39. The van der Waals surface area contributed by atoms with E-state index < -0.39 is 5.60 Å². The van der Waals surface area contributed by atoms with E-state index in [4.69, 9.17) is 4.74 Å². The Labute approximate surface area is 158 Å². The van der Waals surface area contributed by atoms with Crippen LogP contribution in [0.2, 0.25) is 0 Å². The number of carbonyl (C=O) groups is 2. The first-order valence-electron chi connectivity index (χ1n) is 8.75. The number of hydrogen-bond acceptors (Lipinski definition) is 6. The average molecular weight is 388 g/mol. The Bertz CT molecular complexity index is 883. The molecule has 0 aromatic carbocycles. The van der Waals surface area contributed by atoms with Gasteiger partial charge in [0.2, 0.25) is 0 Å². The lowest BCUT2D eigenvalue weighted by Gasteiger charge is -2.51. The Kier molecular flexibility index (Phi) is 3.61. The summed E-state index contributed by atoms with van der Waals surface area (Å²) in [5.74, 6) is 0.261. The number of fused-ring (bicyclic) bond motifs is 2. The molecule has 7 nitrogen and oxygen atoms in total. The largest absolute Gasteiger partial charge is 0.437 e. The molecule has 3 aliphatic heterocycles. The summed E-state index contributed by atoms with van der Waals surface area (Å²) < 4.78 is 18.8. The first kappa shape index (κ1) is 16.5. The lowest BCUT2D eigenvalue weighted by molar-refractivity contribution is -0.00661. The Balaban J connectivity index is 1.33. The predicted molar refractivity (Wildman–Crippen MR) is 96.3 cm³/mol. The van der Waals surface area contributed by atoms with Crippen LogP contribution in [0.25, 0.3) is 0 Å². The number of rotatable bonds is 2. The first-order chi connectivity index (χ1) is 13.1. The van der Waals surface area contributed by atoms with E-state index in [1.165, 1.54) is 23.6 Å². The molecule has 1 spiro atoms. The van der Waals surface area contributed by atoms with Crippen LogP contribution in [0.4, 0.5) is 15.0 Å². The van der Waals surface area contributed by atoms with Gasteiger partial charge in [0.1, 0.15) is 11.6 Å². The maximum atomic E-state index is 13.1. The van der Waals surface area contributed by atoms with Crippen LogP contribution in [-0.2, 0) is 4.74 Å². The predicted octanol–water partition coefficient (Wildman–Crippen LogP) is 1.82. The molecule has 0 N–H and O–H groups in total. The van der Waals surface area contributed by atoms with E-state index in [0.717, 1.165) is 0 Å². The molecule has 0 aliphatic carbocycles. The second kappa shape index (κ2) is 5.91. The number of hydrogen-bond donors (Lipinski definition) is 0. The molecule has 3 fully saturated rings. The number of amides is 2. The lowest BCUT2D eigenvalue weighted by atomic mass is 9.84. The molecule has 2 aromatic rings. The van der Waals surface area contributed by atoms with E-state index in [-0.39, 0.29) is 23.9 Å². The second-order valence-electron chi connectivity index (χ2n) is 7.06. The number of aromatic nitrogens is 1. The Morgan fingerprint density at radius 3 is 2.85 bits per heavy atom. The average Bonchev–Trinajstić information content (AvgIpc) is 3.27. The molecule has 0 bridgehead atoms. The van der Waals surface area contributed by atoms with Gasteiger partial charge in [-0.05, 0) is 23.6 Å². The van der Waals surface area contributed by atoms with Gasteiger partial charge in [-0.2, -0.15) is 0 Å². The third-order valence-electron chi connectivity index (χ3n) is 5.48. The minimum atomic E-state index is -0.651. The van der Waals surface area contributed by atoms with Gasteiger partial charge < -0.3 is 14.5 Å². The SMILES string of the molecule is O=C(c1cccs1)N1CCN2C(=O)OC3(CN(c4ccc(F)cn4)C3)C2C1. The maximum Gasteiger partial charge on any atom is 0.411 e. The zero-order valence-electron chi connectivity index (χ0n) is 14.4. The molecule has 3 aliphatic rings. The fourth-order valence-corrected chi connectivity index (χ4v) is 4.78. The topological polar surface area (TPSA) is 66.0 Å². The standard InChI is InChI=1S/C18H17FN4O3S/c19-12-3-4-15(20-8-12)22-10-18(11-22)14-9-21(5-6-23(14)17(25)26-18)16(24)13-2-1-7-27-13/h1-4,7-8,14H,5-6,9-11H2. The zero-order valence-corrected chi connectivity index (χ0v) is 15.2. The van der Waals surface area contributed by atoms with Crippen molar-refractivity contribution in [2.75, 3.05) is 37.6 Å². The highest BCUT2D eigenvalue weighted by Crippen LogP contribution is 2.41. The molecule has 2 amide bonds. The highest BCUT2D eigenvalue weighted by Gasteiger charge is 2.62. The number of anilines is 1. The highest BCUT2D eigenvalue weighted by molar-refractivity contribution is 7.12. The number of ether oxygens (including phenoxy) is 1. The van der Waals surface area contributed by atoms with Crippen LogP contribution in [0, 0.1) is 5.82 Å². The van der Waals surface area contributed by atoms with E-state index in [0.29, 0.717) is 43.4 Å². The summed E-state index contributed by atoms with van der Waals surface area (Å²) in [6, 6.07) is 6.47. The lowest BCUT2D eigenvalue weighted by Crippen LogP contribution is -2.71. The van der Waals surface area contributed by atoms with Crippen LogP contribution < -0.4 is 4.90 Å². The van der Waals surface area contributed by atoms with Gasteiger partial charge in [-0.15, -0.1) is 11.3 Å². The molecule has 1 atom stereocenters. The fraction of sp³-hybridized carbons (Fsp3) is 0.389. The Morgan fingerprint density at radius 2 is 2.15 bits per heavy atom. The van der Waals surface area contributed by atoms with Gasteiger partial charge in [-0.3, -0.25) is 9.69 Å². The van der Waals surface area contributed by atoms with Crippen molar-refractivity contribution in [3.8, 4) is 0 Å². The molecular formula is C18H17FN4O3S. The smallest absolute Gasteiger partial charge is 0.411 e. The molecule has 140 valence electrons. The Morgan fingerprint density at radius 1 is 1.30 bits per heavy atom. The summed E-state index contributed by atoms with van der Waals surface area (Å²) in [7, 11) is 0. The van der Waals surface area contributed by atoms with Crippen LogP contribution >= 0.6 is 11.3 Å². The van der Waals surface area contributed by atoms with Gasteiger partial charge in [-0.25, -0.2) is 14.2 Å². The number of carbonyl (C=O) groups excluding carboxylic acids is 2. The van der Waals surface area contributed by atoms with E-state index in [1.54, 1.807) is 15.9 Å².